The first-order chi connectivity index (χ1) is 8.74. The molecular weight excluding hydrogens is 234 g/mol. The van der Waals surface area contributed by atoms with Crippen molar-refractivity contribution in [3.05, 3.63) is 12.2 Å². The molecule has 102 valence electrons. The number of ether oxygens (including phenoxy) is 1. The van der Waals surface area contributed by atoms with Crippen LogP contribution < -0.4 is 10.6 Å². The van der Waals surface area contributed by atoms with Gasteiger partial charge in [-0.15, -0.1) is 10.2 Å². The minimum atomic E-state index is 0.00377. The second kappa shape index (κ2) is 8.60. The van der Waals surface area contributed by atoms with E-state index in [-0.39, 0.29) is 5.91 Å². The van der Waals surface area contributed by atoms with E-state index in [9.17, 15) is 4.79 Å². The Hall–Kier alpha value is -1.47. The Balaban J connectivity index is 2.00. The molecule has 1 amide bonds. The van der Waals surface area contributed by atoms with E-state index in [1.807, 2.05) is 11.6 Å². The maximum atomic E-state index is 11.4. The first-order valence-electron chi connectivity index (χ1n) is 6.03. The number of hydrogen-bond donors (Lipinski definition) is 2. The first kappa shape index (κ1) is 14.6. The highest BCUT2D eigenvalue weighted by Gasteiger charge is 2.02. The van der Waals surface area contributed by atoms with Gasteiger partial charge in [-0.2, -0.15) is 0 Å². The molecule has 7 nitrogen and oxygen atoms in total. The summed E-state index contributed by atoms with van der Waals surface area (Å²) < 4.78 is 6.76. The van der Waals surface area contributed by atoms with Gasteiger partial charge >= 0.3 is 0 Å². The van der Waals surface area contributed by atoms with Gasteiger partial charge in [0, 0.05) is 40.3 Å². The van der Waals surface area contributed by atoms with Crippen LogP contribution in [0.3, 0.4) is 0 Å². The largest absolute Gasteiger partial charge is 0.385 e. The van der Waals surface area contributed by atoms with Crippen molar-refractivity contribution in [1.82, 2.24) is 25.4 Å². The van der Waals surface area contributed by atoms with Crippen LogP contribution >= 0.6 is 0 Å². The molecule has 1 heterocycles. The highest BCUT2D eigenvalue weighted by molar-refractivity contribution is 5.77. The summed E-state index contributed by atoms with van der Waals surface area (Å²) in [6.45, 7) is 2.35. The van der Waals surface area contributed by atoms with Crippen LogP contribution in [0.25, 0.3) is 0 Å². The highest BCUT2D eigenvalue weighted by Crippen LogP contribution is 1.90. The third kappa shape index (κ3) is 5.74. The smallest absolute Gasteiger partial charge is 0.233 e. The van der Waals surface area contributed by atoms with Gasteiger partial charge in [-0.05, 0) is 6.42 Å². The van der Waals surface area contributed by atoms with Crippen molar-refractivity contribution >= 4 is 5.91 Å². The van der Waals surface area contributed by atoms with Gasteiger partial charge in [0.15, 0.2) is 0 Å². The number of nitrogens with one attached hydrogen (secondary N) is 2. The average Bonchev–Trinajstić information content (AvgIpc) is 2.76. The topological polar surface area (TPSA) is 81.1 Å². The Labute approximate surface area is 107 Å². The van der Waals surface area contributed by atoms with Gasteiger partial charge in [0.2, 0.25) is 5.91 Å². The van der Waals surface area contributed by atoms with E-state index in [1.54, 1.807) is 13.4 Å². The van der Waals surface area contributed by atoms with Crippen molar-refractivity contribution in [1.29, 1.82) is 0 Å². The second-order valence-corrected chi connectivity index (χ2v) is 3.98. The molecule has 2 N–H and O–H groups in total. The van der Waals surface area contributed by atoms with E-state index in [2.05, 4.69) is 20.8 Å². The van der Waals surface area contributed by atoms with Crippen LogP contribution in [0.15, 0.2) is 6.33 Å². The van der Waals surface area contributed by atoms with Crippen molar-refractivity contribution in [2.45, 2.75) is 12.8 Å². The third-order valence-corrected chi connectivity index (χ3v) is 2.46. The van der Waals surface area contributed by atoms with Crippen molar-refractivity contribution in [3.63, 3.8) is 0 Å². The van der Waals surface area contributed by atoms with Crippen LogP contribution in [0.2, 0.25) is 0 Å². The minimum absolute atomic E-state index is 0.00377. The molecule has 0 saturated heterocycles. The normalized spacial score (nSPS) is 10.6. The molecular formula is C11H21N5O2. The summed E-state index contributed by atoms with van der Waals surface area (Å²) in [5, 5.41) is 13.6. The van der Waals surface area contributed by atoms with Crippen LogP contribution in [-0.2, 0) is 23.0 Å². The lowest BCUT2D eigenvalue weighted by atomic mass is 10.4. The van der Waals surface area contributed by atoms with Gasteiger partial charge in [0.25, 0.3) is 0 Å². The average molecular weight is 255 g/mol. The highest BCUT2D eigenvalue weighted by atomic mass is 16.5. The molecule has 0 aromatic carbocycles. The molecule has 0 aliphatic heterocycles. The van der Waals surface area contributed by atoms with Gasteiger partial charge in [-0.1, -0.05) is 0 Å². The van der Waals surface area contributed by atoms with Crippen LogP contribution in [0.4, 0.5) is 0 Å². The number of rotatable bonds is 9. The summed E-state index contributed by atoms with van der Waals surface area (Å²) in [6, 6.07) is 0. The molecule has 0 saturated carbocycles. The molecule has 0 bridgehead atoms. The van der Waals surface area contributed by atoms with Gasteiger partial charge in [0.05, 0.1) is 6.54 Å². The lowest BCUT2D eigenvalue weighted by Crippen LogP contribution is -2.35. The Morgan fingerprint density at radius 2 is 2.33 bits per heavy atom. The molecule has 0 aliphatic carbocycles. The molecule has 7 heteroatoms. The Bertz CT molecular complexity index is 353. The zero-order valence-electron chi connectivity index (χ0n) is 11.0. The van der Waals surface area contributed by atoms with E-state index in [4.69, 9.17) is 4.74 Å². The number of hydrogen-bond acceptors (Lipinski definition) is 5. The monoisotopic (exact) mass is 255 g/mol. The van der Waals surface area contributed by atoms with Gasteiger partial charge in [-0.3, -0.25) is 4.79 Å². The van der Waals surface area contributed by atoms with E-state index in [0.717, 1.165) is 18.7 Å². The number of amides is 1. The zero-order valence-corrected chi connectivity index (χ0v) is 11.0. The summed E-state index contributed by atoms with van der Waals surface area (Å²) in [7, 11) is 3.55. The molecule has 0 fully saturated rings. The molecule has 0 aliphatic rings. The Kier molecular flexibility index (Phi) is 6.97. The number of carbonyl (C=O) groups excluding carboxylic acids is 1. The van der Waals surface area contributed by atoms with E-state index in [1.165, 1.54) is 0 Å². The minimum Gasteiger partial charge on any atom is -0.385 e. The van der Waals surface area contributed by atoms with Gasteiger partial charge in [-0.25, -0.2) is 0 Å². The maximum absolute atomic E-state index is 11.4. The summed E-state index contributed by atoms with van der Waals surface area (Å²) in [5.74, 6) is 0.909. The Morgan fingerprint density at radius 3 is 3.00 bits per heavy atom. The fourth-order valence-corrected chi connectivity index (χ4v) is 1.44. The molecule has 1 rings (SSSR count). The van der Waals surface area contributed by atoms with E-state index >= 15 is 0 Å². The number of nitrogens with zero attached hydrogens (tertiary/aromatic N) is 3. The first-order valence-corrected chi connectivity index (χ1v) is 6.03. The quantitative estimate of drug-likeness (QED) is 0.559. The fraction of sp³-hybridized carbons (Fsp3) is 0.727. The predicted octanol–water partition coefficient (Wildman–Crippen LogP) is -0.900. The molecule has 0 radical (unpaired) electrons. The number of aromatic nitrogens is 3. The van der Waals surface area contributed by atoms with Crippen molar-refractivity contribution in [2.75, 3.05) is 33.4 Å². The summed E-state index contributed by atoms with van der Waals surface area (Å²) >= 11 is 0. The third-order valence-electron chi connectivity index (χ3n) is 2.46. The molecule has 0 spiro atoms. The second-order valence-electron chi connectivity index (χ2n) is 3.98. The molecule has 0 unspecified atom stereocenters. The zero-order chi connectivity index (χ0) is 13.2. The maximum Gasteiger partial charge on any atom is 0.233 e. The fourth-order valence-electron chi connectivity index (χ4n) is 1.44. The predicted molar refractivity (Wildman–Crippen MR) is 67.1 cm³/mol. The standard InChI is InChI=1S/C11H21N5O2/c1-16-9-14-15-10(16)4-6-12-8-11(17)13-5-3-7-18-2/h9,12H,3-8H2,1-2H3,(H,13,17). The van der Waals surface area contributed by atoms with Crippen LogP contribution in [-0.4, -0.2) is 54.0 Å². The lowest BCUT2D eigenvalue weighted by molar-refractivity contribution is -0.120. The summed E-state index contributed by atoms with van der Waals surface area (Å²) in [6.07, 6.45) is 3.26. The van der Waals surface area contributed by atoms with Crippen molar-refractivity contribution in [3.8, 4) is 0 Å². The van der Waals surface area contributed by atoms with Crippen LogP contribution in [0, 0.1) is 0 Å². The van der Waals surface area contributed by atoms with E-state index < -0.39 is 0 Å². The van der Waals surface area contributed by atoms with Crippen molar-refractivity contribution < 1.29 is 9.53 Å². The number of aryl methyl sites for hydroxylation is 1. The SMILES string of the molecule is COCCCNC(=O)CNCCc1nncn1C. The summed E-state index contributed by atoms with van der Waals surface area (Å²) in [5.41, 5.74) is 0. The van der Waals surface area contributed by atoms with E-state index in [0.29, 0.717) is 26.2 Å². The van der Waals surface area contributed by atoms with Gasteiger partial charge < -0.3 is 19.9 Å². The number of methoxy groups -OCH3 is 1. The lowest BCUT2D eigenvalue weighted by Gasteiger charge is -2.06. The van der Waals surface area contributed by atoms with Crippen molar-refractivity contribution in [2.24, 2.45) is 7.05 Å². The van der Waals surface area contributed by atoms with Gasteiger partial charge in [0.1, 0.15) is 12.2 Å². The Morgan fingerprint density at radius 1 is 1.50 bits per heavy atom. The molecule has 1 aromatic heterocycles. The van der Waals surface area contributed by atoms with Crippen LogP contribution in [0.1, 0.15) is 12.2 Å². The van der Waals surface area contributed by atoms with Crippen LogP contribution in [0.5, 0.6) is 0 Å². The molecule has 0 atom stereocenters. The molecule has 18 heavy (non-hydrogen) atoms. The summed E-state index contributed by atoms with van der Waals surface area (Å²) in [4.78, 5) is 11.4. The number of carbonyl (C=O) groups is 1. The molecule has 1 aromatic rings.